The fourth-order valence-electron chi connectivity index (χ4n) is 8.20. The first-order chi connectivity index (χ1) is 47.2. The van der Waals surface area contributed by atoms with Gasteiger partial charge in [0.1, 0.15) is 23.0 Å². The minimum absolute atomic E-state index is 0.0558. The molecule has 0 spiro atoms. The van der Waals surface area contributed by atoms with Gasteiger partial charge in [0, 0.05) is 0 Å². The molecule has 0 amide bonds. The summed E-state index contributed by atoms with van der Waals surface area (Å²) in [5.41, 5.74) is -12.3. The number of phenolic OH excluding ortho intramolecular Hbond substituents is 4. The van der Waals surface area contributed by atoms with Crippen LogP contribution >= 0.6 is 0 Å². The van der Waals surface area contributed by atoms with Gasteiger partial charge in [-0.2, -0.15) is 105 Å². The SMILES string of the molecule is CCCCN(CCCC)CCCC.CCCCN(CCCC)CCCC.CCCCN(CCCC)CCCC.OB(O)O.Oc1cc(C(F)(F)F)cc(C(F)(F)F)c1.Oc1cc(C(F)(F)F)cc(C(F)(F)F)c1.Oc1cc(C(F)(F)F)cc(C(F)(F)F)c1.Oc1cc(C(F)(F)F)cc(C(F)(F)F)c1. The molecule has 0 saturated heterocycles. The van der Waals surface area contributed by atoms with Crippen molar-refractivity contribution in [1.82, 2.24) is 14.7 Å². The quantitative estimate of drug-likeness (QED) is 0.0227. The molecule has 0 atom stereocenters. The molecule has 35 heteroatoms. The van der Waals surface area contributed by atoms with Crippen molar-refractivity contribution in [3.63, 3.8) is 0 Å². The highest BCUT2D eigenvalue weighted by molar-refractivity contribution is 6.30. The summed E-state index contributed by atoms with van der Waals surface area (Å²) in [6.07, 6.45) is -15.1. The molecule has 600 valence electrons. The average Bonchev–Trinajstić information content (AvgIpc) is 0.838. The molecule has 0 aliphatic carbocycles. The number of unbranched alkanes of at least 4 members (excludes halogenated alkanes) is 9. The van der Waals surface area contributed by atoms with E-state index in [0.29, 0.717) is 0 Å². The molecule has 4 aromatic rings. The third-order valence-electron chi connectivity index (χ3n) is 13.7. The van der Waals surface area contributed by atoms with Crippen molar-refractivity contribution in [3.8, 4) is 23.0 Å². The van der Waals surface area contributed by atoms with Crippen LogP contribution in [0.3, 0.4) is 0 Å². The van der Waals surface area contributed by atoms with Gasteiger partial charge in [0.25, 0.3) is 0 Å². The van der Waals surface area contributed by atoms with E-state index in [2.05, 4.69) is 77.0 Å². The van der Waals surface area contributed by atoms with Crippen LogP contribution in [0.4, 0.5) is 105 Å². The lowest BCUT2D eigenvalue weighted by Gasteiger charge is -2.21. The molecule has 103 heavy (non-hydrogen) atoms. The fourth-order valence-corrected chi connectivity index (χ4v) is 8.20. The summed E-state index contributed by atoms with van der Waals surface area (Å²) < 4.78 is 289. The van der Waals surface area contributed by atoms with Crippen molar-refractivity contribution in [2.45, 2.75) is 227 Å². The molecule has 0 saturated carbocycles. The molecular weight excluding hydrogens is 1440 g/mol. The van der Waals surface area contributed by atoms with Gasteiger partial charge in [-0.05, 0) is 189 Å². The first kappa shape index (κ1) is 104. The van der Waals surface area contributed by atoms with Crippen LogP contribution in [0, 0.1) is 0 Å². The largest absolute Gasteiger partial charge is 0.631 e. The van der Waals surface area contributed by atoms with Gasteiger partial charge in [-0.15, -0.1) is 0 Å². The van der Waals surface area contributed by atoms with Gasteiger partial charge < -0.3 is 50.2 Å². The van der Waals surface area contributed by atoms with Crippen LogP contribution in [0.25, 0.3) is 0 Å². The predicted molar refractivity (Wildman–Crippen MR) is 348 cm³/mol. The number of alkyl halides is 24. The van der Waals surface area contributed by atoms with E-state index in [9.17, 15) is 105 Å². The lowest BCUT2D eigenvalue weighted by atomic mass is 10.1. The lowest BCUT2D eigenvalue weighted by Crippen LogP contribution is -2.27. The Labute approximate surface area is 587 Å². The van der Waals surface area contributed by atoms with E-state index in [-0.39, 0.29) is 72.8 Å². The molecular formula is C68H100BF24N3O7. The summed E-state index contributed by atoms with van der Waals surface area (Å²) in [6, 6.07) is 1.63. The molecule has 0 fully saturated rings. The fraction of sp³-hybridized carbons (Fsp3) is 0.647. The molecule has 0 aromatic heterocycles. The number of phenols is 4. The second-order valence-corrected chi connectivity index (χ2v) is 23.1. The molecule has 4 rings (SSSR count). The number of nitrogens with zero attached hydrogens (tertiary/aromatic N) is 3. The van der Waals surface area contributed by atoms with Crippen LogP contribution in [0.15, 0.2) is 72.8 Å². The van der Waals surface area contributed by atoms with E-state index >= 15 is 0 Å². The summed E-state index contributed by atoms with van der Waals surface area (Å²) in [4.78, 5) is 7.91. The second kappa shape index (κ2) is 52.3. The molecule has 10 nitrogen and oxygen atoms in total. The van der Waals surface area contributed by atoms with Crippen molar-refractivity contribution in [3.05, 3.63) is 117 Å². The van der Waals surface area contributed by atoms with Gasteiger partial charge in [-0.1, -0.05) is 120 Å². The Morgan fingerprint density at radius 2 is 0.301 bits per heavy atom. The number of rotatable bonds is 27. The number of aromatic hydroxyl groups is 4. The molecule has 4 aromatic carbocycles. The standard InChI is InChI=1S/3C12H27N.4C8H4F6O.BH3O3/c3*1-4-7-10-13(11-8-5-2)12-9-6-3;4*9-7(10,11)4-1-5(8(12,13)14)3-6(15)2-4;2-1(3)4/h3*4-12H2,1-3H3;4*1-3,15H;2-4H. The van der Waals surface area contributed by atoms with Crippen LogP contribution in [0.1, 0.15) is 222 Å². The van der Waals surface area contributed by atoms with Crippen molar-refractivity contribution < 1.29 is 141 Å². The molecule has 0 unspecified atom stereocenters. The van der Waals surface area contributed by atoms with Crippen molar-refractivity contribution >= 4 is 7.32 Å². The zero-order valence-electron chi connectivity index (χ0n) is 59.1. The first-order valence-electron chi connectivity index (χ1n) is 33.3. The van der Waals surface area contributed by atoms with Gasteiger partial charge in [0.05, 0.1) is 44.5 Å². The minimum Gasteiger partial charge on any atom is -0.508 e. The highest BCUT2D eigenvalue weighted by atomic mass is 19.4. The van der Waals surface area contributed by atoms with Crippen LogP contribution in [0.2, 0.25) is 0 Å². The number of hydrogen-bond acceptors (Lipinski definition) is 10. The third kappa shape index (κ3) is 53.6. The predicted octanol–water partition coefficient (Wildman–Crippen LogP) is 22.7. The van der Waals surface area contributed by atoms with Gasteiger partial charge in [0.2, 0.25) is 0 Å². The minimum atomic E-state index is -4.92. The van der Waals surface area contributed by atoms with E-state index in [1.807, 2.05) is 0 Å². The van der Waals surface area contributed by atoms with E-state index in [4.69, 9.17) is 35.5 Å². The summed E-state index contributed by atoms with van der Waals surface area (Å²) in [5.74, 6) is -4.29. The number of halogens is 24. The molecule has 0 bridgehead atoms. The Morgan fingerprint density at radius 3 is 0.369 bits per heavy atom. The zero-order chi connectivity index (χ0) is 80.8. The number of hydrogen-bond donors (Lipinski definition) is 7. The molecule has 7 N–H and O–H groups in total. The van der Waals surface area contributed by atoms with Gasteiger partial charge in [-0.25, -0.2) is 0 Å². The highest BCUT2D eigenvalue weighted by Crippen LogP contribution is 2.42. The van der Waals surface area contributed by atoms with Crippen LogP contribution in [-0.4, -0.2) is 116 Å². The van der Waals surface area contributed by atoms with Crippen molar-refractivity contribution in [1.29, 1.82) is 0 Å². The maximum atomic E-state index is 12.1. The summed E-state index contributed by atoms with van der Waals surface area (Å²) in [6.45, 7) is 32.3. The maximum Gasteiger partial charge on any atom is 0.631 e. The molecule has 0 heterocycles. The van der Waals surface area contributed by atoms with Gasteiger partial charge >= 0.3 is 56.7 Å². The Hall–Kier alpha value is -5.78. The van der Waals surface area contributed by atoms with E-state index < -0.39 is 124 Å². The third-order valence-corrected chi connectivity index (χ3v) is 13.7. The molecule has 0 aliphatic rings. The Kier molecular flexibility index (Phi) is 52.5. The zero-order valence-corrected chi connectivity index (χ0v) is 59.1. The Morgan fingerprint density at radius 1 is 0.214 bits per heavy atom. The normalized spacial score (nSPS) is 12.0. The Balaban J connectivity index is -0.000000550. The summed E-state index contributed by atoms with van der Waals surface area (Å²) in [5, 5.41) is 56.4. The first-order valence-corrected chi connectivity index (χ1v) is 33.3. The highest BCUT2D eigenvalue weighted by Gasteiger charge is 2.41. The van der Waals surface area contributed by atoms with Crippen LogP contribution in [-0.2, 0) is 49.4 Å². The average molecular weight is 1540 g/mol. The summed E-state index contributed by atoms with van der Waals surface area (Å²) in [7, 11) is -2.17. The molecule has 0 aliphatic heterocycles. The van der Waals surface area contributed by atoms with Crippen molar-refractivity contribution in [2.75, 3.05) is 58.9 Å². The maximum absolute atomic E-state index is 12.1. The Bertz CT molecular complexity index is 2260. The smallest absolute Gasteiger partial charge is 0.508 e. The number of benzene rings is 4. The topological polar surface area (TPSA) is 151 Å². The van der Waals surface area contributed by atoms with E-state index in [0.717, 1.165) is 0 Å². The van der Waals surface area contributed by atoms with Gasteiger partial charge in [0.15, 0.2) is 0 Å². The van der Waals surface area contributed by atoms with Crippen LogP contribution < -0.4 is 0 Å². The van der Waals surface area contributed by atoms with E-state index in [1.165, 1.54) is 174 Å². The monoisotopic (exact) mass is 1540 g/mol. The van der Waals surface area contributed by atoms with Crippen LogP contribution in [0.5, 0.6) is 23.0 Å². The van der Waals surface area contributed by atoms with Gasteiger partial charge in [-0.3, -0.25) is 0 Å². The summed E-state index contributed by atoms with van der Waals surface area (Å²) >= 11 is 0. The lowest BCUT2D eigenvalue weighted by molar-refractivity contribution is -0.144. The van der Waals surface area contributed by atoms with Crippen molar-refractivity contribution in [2.24, 2.45) is 0 Å². The second-order valence-electron chi connectivity index (χ2n) is 23.1. The molecule has 0 radical (unpaired) electrons. The van der Waals surface area contributed by atoms with E-state index in [1.54, 1.807) is 0 Å².